The average Bonchev–Trinajstić information content (AvgIpc) is 2.91. The Bertz CT molecular complexity index is 655. The van der Waals surface area contributed by atoms with Crippen LogP contribution in [0.2, 0.25) is 0 Å². The standard InChI is InChI=1S/C18H23N3OS/c1-13-20-11-15(23-13)12-21-17(14-7-4-3-5-8-14)10-6-9-16(19-2)18(21)22/h3-5,7-8,11,16-17,19H,6,9-10,12H2,1-2H3. The molecule has 1 aliphatic rings. The van der Waals surface area contributed by atoms with Gasteiger partial charge in [-0.15, -0.1) is 11.3 Å². The highest BCUT2D eigenvalue weighted by molar-refractivity contribution is 7.11. The maximum atomic E-state index is 13.0. The number of hydrogen-bond donors (Lipinski definition) is 1. The number of likely N-dealkylation sites (tertiary alicyclic amines) is 1. The van der Waals surface area contributed by atoms with Gasteiger partial charge in [-0.25, -0.2) is 4.98 Å². The molecular formula is C18H23N3OS. The monoisotopic (exact) mass is 329 g/mol. The number of amides is 1. The molecule has 0 saturated carbocycles. The second-order valence-corrected chi connectivity index (χ2v) is 7.33. The van der Waals surface area contributed by atoms with Crippen LogP contribution in [0.15, 0.2) is 36.5 Å². The van der Waals surface area contributed by atoms with Gasteiger partial charge in [-0.05, 0) is 38.8 Å². The zero-order valence-corrected chi connectivity index (χ0v) is 14.5. The molecule has 1 aromatic carbocycles. The Morgan fingerprint density at radius 1 is 1.30 bits per heavy atom. The van der Waals surface area contributed by atoms with Crippen LogP contribution in [0.1, 0.15) is 40.8 Å². The fraction of sp³-hybridized carbons (Fsp3) is 0.444. The molecule has 0 spiro atoms. The van der Waals surface area contributed by atoms with E-state index in [1.165, 1.54) is 5.56 Å². The SMILES string of the molecule is CNC1CCCC(c2ccccc2)N(Cc2cnc(C)s2)C1=O. The lowest BCUT2D eigenvalue weighted by molar-refractivity contribution is -0.135. The summed E-state index contributed by atoms with van der Waals surface area (Å²) in [5.41, 5.74) is 1.22. The first-order valence-electron chi connectivity index (χ1n) is 8.13. The average molecular weight is 329 g/mol. The van der Waals surface area contributed by atoms with Gasteiger partial charge in [0.15, 0.2) is 0 Å². The van der Waals surface area contributed by atoms with Gasteiger partial charge in [0, 0.05) is 11.1 Å². The summed E-state index contributed by atoms with van der Waals surface area (Å²) < 4.78 is 0. The van der Waals surface area contributed by atoms with Crippen LogP contribution in [0.3, 0.4) is 0 Å². The summed E-state index contributed by atoms with van der Waals surface area (Å²) in [6.45, 7) is 2.64. The molecule has 122 valence electrons. The van der Waals surface area contributed by atoms with Crippen LogP contribution in [-0.2, 0) is 11.3 Å². The highest BCUT2D eigenvalue weighted by Gasteiger charge is 2.33. The van der Waals surface area contributed by atoms with E-state index >= 15 is 0 Å². The first-order valence-corrected chi connectivity index (χ1v) is 8.94. The van der Waals surface area contributed by atoms with Crippen LogP contribution in [0.4, 0.5) is 0 Å². The van der Waals surface area contributed by atoms with E-state index in [4.69, 9.17) is 0 Å². The van der Waals surface area contributed by atoms with Gasteiger partial charge in [0.05, 0.1) is 23.6 Å². The lowest BCUT2D eigenvalue weighted by Crippen LogP contribution is -2.44. The number of hydrogen-bond acceptors (Lipinski definition) is 4. The minimum atomic E-state index is -0.0854. The molecule has 2 unspecified atom stereocenters. The van der Waals surface area contributed by atoms with Crippen LogP contribution in [0, 0.1) is 6.92 Å². The summed E-state index contributed by atoms with van der Waals surface area (Å²) in [7, 11) is 1.88. The Balaban J connectivity index is 1.92. The molecule has 1 saturated heterocycles. The van der Waals surface area contributed by atoms with Crippen molar-refractivity contribution in [3.05, 3.63) is 52.0 Å². The third-order valence-corrected chi connectivity index (χ3v) is 5.35. The fourth-order valence-corrected chi connectivity index (χ4v) is 4.07. The molecule has 1 N–H and O–H groups in total. The highest BCUT2D eigenvalue weighted by Crippen LogP contribution is 2.32. The molecule has 1 aromatic heterocycles. The number of aryl methyl sites for hydroxylation is 1. The van der Waals surface area contributed by atoms with Crippen molar-refractivity contribution < 1.29 is 4.79 Å². The number of likely N-dealkylation sites (N-methyl/N-ethyl adjacent to an activating group) is 1. The minimum Gasteiger partial charge on any atom is -0.329 e. The second kappa shape index (κ2) is 7.23. The first-order chi connectivity index (χ1) is 11.2. The van der Waals surface area contributed by atoms with Crippen molar-refractivity contribution in [2.45, 2.75) is 44.8 Å². The molecule has 1 aliphatic heterocycles. The van der Waals surface area contributed by atoms with Crippen LogP contribution in [0.5, 0.6) is 0 Å². The Morgan fingerprint density at radius 3 is 2.74 bits per heavy atom. The molecule has 0 aliphatic carbocycles. The fourth-order valence-electron chi connectivity index (χ4n) is 3.27. The number of thiazole rings is 1. The van der Waals surface area contributed by atoms with E-state index in [1.54, 1.807) is 11.3 Å². The van der Waals surface area contributed by atoms with Gasteiger partial charge in [-0.1, -0.05) is 30.3 Å². The normalized spacial score (nSPS) is 22.2. The summed E-state index contributed by atoms with van der Waals surface area (Å²) in [5.74, 6) is 0.199. The highest BCUT2D eigenvalue weighted by atomic mass is 32.1. The maximum absolute atomic E-state index is 13.0. The first kappa shape index (κ1) is 16.1. The number of nitrogens with zero attached hydrogens (tertiary/aromatic N) is 2. The van der Waals surface area contributed by atoms with E-state index in [1.807, 2.05) is 31.1 Å². The van der Waals surface area contributed by atoms with E-state index in [-0.39, 0.29) is 18.0 Å². The van der Waals surface area contributed by atoms with Crippen molar-refractivity contribution >= 4 is 17.2 Å². The van der Waals surface area contributed by atoms with Crippen LogP contribution in [0.25, 0.3) is 0 Å². The van der Waals surface area contributed by atoms with Gasteiger partial charge < -0.3 is 10.2 Å². The smallest absolute Gasteiger partial charge is 0.240 e. The van der Waals surface area contributed by atoms with E-state index in [2.05, 4.69) is 34.6 Å². The van der Waals surface area contributed by atoms with Crippen molar-refractivity contribution in [1.82, 2.24) is 15.2 Å². The quantitative estimate of drug-likeness (QED) is 0.936. The number of aromatic nitrogens is 1. The zero-order chi connectivity index (χ0) is 16.2. The molecule has 1 fully saturated rings. The number of benzene rings is 1. The summed E-state index contributed by atoms with van der Waals surface area (Å²) in [6.07, 6.45) is 4.85. The summed E-state index contributed by atoms with van der Waals surface area (Å²) >= 11 is 1.67. The predicted octanol–water partition coefficient (Wildman–Crippen LogP) is 3.29. The lowest BCUT2D eigenvalue weighted by atomic mass is 10.0. The van der Waals surface area contributed by atoms with E-state index in [0.29, 0.717) is 6.54 Å². The van der Waals surface area contributed by atoms with Crippen molar-refractivity contribution in [2.75, 3.05) is 7.05 Å². The molecule has 2 atom stereocenters. The Hall–Kier alpha value is -1.72. The molecular weight excluding hydrogens is 306 g/mol. The Labute approximate surface area is 141 Å². The van der Waals surface area contributed by atoms with Gasteiger partial charge in [-0.3, -0.25) is 4.79 Å². The van der Waals surface area contributed by atoms with E-state index in [9.17, 15) is 4.79 Å². The topological polar surface area (TPSA) is 45.2 Å². The van der Waals surface area contributed by atoms with E-state index in [0.717, 1.165) is 29.1 Å². The molecule has 2 heterocycles. The van der Waals surface area contributed by atoms with Gasteiger partial charge in [0.1, 0.15) is 0 Å². The lowest BCUT2D eigenvalue weighted by Gasteiger charge is -2.31. The zero-order valence-electron chi connectivity index (χ0n) is 13.7. The van der Waals surface area contributed by atoms with Crippen molar-refractivity contribution in [1.29, 1.82) is 0 Å². The van der Waals surface area contributed by atoms with Crippen LogP contribution < -0.4 is 5.32 Å². The van der Waals surface area contributed by atoms with Crippen molar-refractivity contribution in [3.8, 4) is 0 Å². The number of rotatable bonds is 4. The van der Waals surface area contributed by atoms with E-state index < -0.39 is 0 Å². The molecule has 0 radical (unpaired) electrons. The third kappa shape index (κ3) is 3.62. The second-order valence-electron chi connectivity index (χ2n) is 6.01. The molecule has 3 rings (SSSR count). The molecule has 23 heavy (non-hydrogen) atoms. The number of carbonyl (C=O) groups excluding carboxylic acids is 1. The summed E-state index contributed by atoms with van der Waals surface area (Å²) in [4.78, 5) is 20.5. The third-order valence-electron chi connectivity index (χ3n) is 4.46. The summed E-state index contributed by atoms with van der Waals surface area (Å²) in [6, 6.07) is 10.4. The molecule has 5 heteroatoms. The number of nitrogens with one attached hydrogen (secondary N) is 1. The minimum absolute atomic E-state index is 0.0854. The van der Waals surface area contributed by atoms with Crippen molar-refractivity contribution in [2.24, 2.45) is 0 Å². The molecule has 0 bridgehead atoms. The van der Waals surface area contributed by atoms with Gasteiger partial charge >= 0.3 is 0 Å². The molecule has 1 amide bonds. The van der Waals surface area contributed by atoms with Crippen LogP contribution >= 0.6 is 11.3 Å². The Morgan fingerprint density at radius 2 is 2.09 bits per heavy atom. The maximum Gasteiger partial charge on any atom is 0.240 e. The number of carbonyl (C=O) groups is 1. The molecule has 4 nitrogen and oxygen atoms in total. The van der Waals surface area contributed by atoms with Crippen molar-refractivity contribution in [3.63, 3.8) is 0 Å². The predicted molar refractivity (Wildman–Crippen MR) is 93.3 cm³/mol. The van der Waals surface area contributed by atoms with Gasteiger partial charge in [0.25, 0.3) is 0 Å². The summed E-state index contributed by atoms with van der Waals surface area (Å²) in [5, 5.41) is 4.23. The molecule has 2 aromatic rings. The van der Waals surface area contributed by atoms with Gasteiger partial charge in [0.2, 0.25) is 5.91 Å². The van der Waals surface area contributed by atoms with Gasteiger partial charge in [-0.2, -0.15) is 0 Å². The Kier molecular flexibility index (Phi) is 5.08. The van der Waals surface area contributed by atoms with Crippen LogP contribution in [-0.4, -0.2) is 28.9 Å². The largest absolute Gasteiger partial charge is 0.329 e.